The van der Waals surface area contributed by atoms with E-state index < -0.39 is 6.09 Å². The summed E-state index contributed by atoms with van der Waals surface area (Å²) in [5.74, 6) is 0.539. The average molecular weight is 397 g/mol. The van der Waals surface area contributed by atoms with E-state index in [0.29, 0.717) is 11.1 Å². The molecule has 100 valence electrons. The van der Waals surface area contributed by atoms with Gasteiger partial charge in [-0.1, -0.05) is 50.9 Å². The topological polar surface area (TPSA) is 38.3 Å². The van der Waals surface area contributed by atoms with Crippen LogP contribution in [0.1, 0.15) is 12.5 Å². The molecule has 0 saturated heterocycles. The molecule has 0 heterocycles. The number of rotatable bonds is 5. The maximum atomic E-state index is 11.6. The molecule has 0 aliphatic rings. The van der Waals surface area contributed by atoms with Gasteiger partial charge >= 0.3 is 6.09 Å². The number of ether oxygens (including phenoxy) is 1. The zero-order chi connectivity index (χ0) is 13.5. The van der Waals surface area contributed by atoms with E-state index in [0.717, 1.165) is 12.0 Å². The smallest absolute Gasteiger partial charge is 0.410 e. The van der Waals surface area contributed by atoms with Crippen LogP contribution in [-0.2, 0) is 6.42 Å². The minimum Gasteiger partial charge on any atom is -0.410 e. The van der Waals surface area contributed by atoms with Crippen molar-refractivity contribution in [3.8, 4) is 5.75 Å². The van der Waals surface area contributed by atoms with Crippen LogP contribution in [0.2, 0.25) is 0 Å². The highest BCUT2D eigenvalue weighted by Gasteiger charge is 2.17. The van der Waals surface area contributed by atoms with Crippen molar-refractivity contribution in [2.75, 3.05) is 5.33 Å². The number of benzene rings is 1. The Morgan fingerprint density at radius 2 is 2.28 bits per heavy atom. The van der Waals surface area contributed by atoms with Crippen LogP contribution in [0.25, 0.3) is 0 Å². The molecule has 1 rings (SSSR count). The standard InChI is InChI=1S/C12H15Br2NO2S/c1-2-8-4-3-5-9(6-8)17-12(16)15-11(18)10(14)7-13/h3-6,10-11,18H,2,7H2,1H3,(H,15,16). The summed E-state index contributed by atoms with van der Waals surface area (Å²) in [7, 11) is 0. The zero-order valence-electron chi connectivity index (χ0n) is 9.90. The predicted molar refractivity (Wildman–Crippen MR) is 84.3 cm³/mol. The highest BCUT2D eigenvalue weighted by molar-refractivity contribution is 9.12. The highest BCUT2D eigenvalue weighted by atomic mass is 79.9. The molecule has 0 aliphatic carbocycles. The van der Waals surface area contributed by atoms with E-state index in [1.54, 1.807) is 6.07 Å². The van der Waals surface area contributed by atoms with Gasteiger partial charge in [-0.15, -0.1) is 0 Å². The number of hydrogen-bond donors (Lipinski definition) is 2. The number of carbonyl (C=O) groups is 1. The number of alkyl halides is 2. The Bertz CT molecular complexity index is 403. The van der Waals surface area contributed by atoms with Gasteiger partial charge in [0.15, 0.2) is 0 Å². The van der Waals surface area contributed by atoms with E-state index in [4.69, 9.17) is 4.74 Å². The number of hydrogen-bond acceptors (Lipinski definition) is 3. The van der Waals surface area contributed by atoms with Crippen molar-refractivity contribution >= 4 is 50.6 Å². The van der Waals surface area contributed by atoms with Crippen molar-refractivity contribution in [2.24, 2.45) is 0 Å². The molecule has 2 atom stereocenters. The first-order valence-corrected chi connectivity index (χ1v) is 8.07. The lowest BCUT2D eigenvalue weighted by atomic mass is 10.2. The summed E-state index contributed by atoms with van der Waals surface area (Å²) in [6.07, 6.45) is 0.398. The largest absolute Gasteiger partial charge is 0.413 e. The molecule has 1 aromatic carbocycles. The maximum absolute atomic E-state index is 11.6. The second-order valence-corrected chi connectivity index (χ2v) is 6.03. The zero-order valence-corrected chi connectivity index (χ0v) is 14.0. The molecule has 0 aliphatic heterocycles. The average Bonchev–Trinajstić information content (AvgIpc) is 2.37. The predicted octanol–water partition coefficient (Wildman–Crippen LogP) is 3.75. The Kier molecular flexibility index (Phi) is 7.11. The van der Waals surface area contributed by atoms with E-state index in [1.165, 1.54) is 0 Å². The number of halogens is 2. The van der Waals surface area contributed by atoms with Crippen LogP contribution < -0.4 is 10.1 Å². The van der Waals surface area contributed by atoms with Crippen molar-refractivity contribution in [2.45, 2.75) is 23.5 Å². The second kappa shape index (κ2) is 8.07. The Balaban J connectivity index is 2.53. The summed E-state index contributed by atoms with van der Waals surface area (Å²) in [4.78, 5) is 11.7. The van der Waals surface area contributed by atoms with Gasteiger partial charge in [-0.2, -0.15) is 12.6 Å². The Labute approximate surface area is 129 Å². The van der Waals surface area contributed by atoms with E-state index in [-0.39, 0.29) is 10.2 Å². The van der Waals surface area contributed by atoms with Gasteiger partial charge in [-0.3, -0.25) is 0 Å². The lowest BCUT2D eigenvalue weighted by Crippen LogP contribution is -2.39. The number of carbonyl (C=O) groups excluding carboxylic acids is 1. The summed E-state index contributed by atoms with van der Waals surface area (Å²) < 4.78 is 5.19. The van der Waals surface area contributed by atoms with Crippen molar-refractivity contribution in [3.05, 3.63) is 29.8 Å². The van der Waals surface area contributed by atoms with Gasteiger partial charge in [0.25, 0.3) is 0 Å². The van der Waals surface area contributed by atoms with Gasteiger partial charge in [0, 0.05) is 5.33 Å². The normalized spacial score (nSPS) is 13.8. The Morgan fingerprint density at radius 1 is 1.56 bits per heavy atom. The van der Waals surface area contributed by atoms with E-state index in [2.05, 4.69) is 49.8 Å². The maximum Gasteiger partial charge on any atom is 0.413 e. The molecule has 0 spiro atoms. The summed E-state index contributed by atoms with van der Waals surface area (Å²) in [6, 6.07) is 7.46. The van der Waals surface area contributed by atoms with Crippen molar-refractivity contribution in [3.63, 3.8) is 0 Å². The van der Waals surface area contributed by atoms with Crippen molar-refractivity contribution in [1.82, 2.24) is 5.32 Å². The minimum atomic E-state index is -0.506. The summed E-state index contributed by atoms with van der Waals surface area (Å²) in [5, 5.41) is 3.02. The Hall–Kier alpha value is -0.200. The minimum absolute atomic E-state index is 0.0374. The van der Waals surface area contributed by atoms with E-state index >= 15 is 0 Å². The molecule has 0 bridgehead atoms. The second-order valence-electron chi connectivity index (χ2n) is 3.65. The molecular weight excluding hydrogens is 382 g/mol. The third-order valence-corrected chi connectivity index (χ3v) is 5.59. The molecule has 18 heavy (non-hydrogen) atoms. The number of nitrogens with one attached hydrogen (secondary N) is 1. The quantitative estimate of drug-likeness (QED) is 0.451. The fraction of sp³-hybridized carbons (Fsp3) is 0.417. The molecule has 1 N–H and O–H groups in total. The molecule has 2 unspecified atom stereocenters. The van der Waals surface area contributed by atoms with Gasteiger partial charge in [0.05, 0.1) is 10.2 Å². The molecule has 1 aromatic rings. The van der Waals surface area contributed by atoms with Crippen LogP contribution in [-0.4, -0.2) is 21.6 Å². The molecule has 0 saturated carbocycles. The Morgan fingerprint density at radius 3 is 2.89 bits per heavy atom. The third kappa shape index (κ3) is 5.20. The highest BCUT2D eigenvalue weighted by Crippen LogP contribution is 2.15. The molecule has 0 fully saturated rings. The van der Waals surface area contributed by atoms with Crippen LogP contribution >= 0.6 is 44.5 Å². The molecular formula is C12H15Br2NO2S. The van der Waals surface area contributed by atoms with E-state index in [1.807, 2.05) is 25.1 Å². The summed E-state index contributed by atoms with van der Waals surface area (Å²) in [5.41, 5.74) is 1.13. The van der Waals surface area contributed by atoms with Crippen LogP contribution in [0.3, 0.4) is 0 Å². The third-order valence-electron chi connectivity index (χ3n) is 2.27. The van der Waals surface area contributed by atoms with Gasteiger partial charge < -0.3 is 10.1 Å². The first kappa shape index (κ1) is 15.9. The van der Waals surface area contributed by atoms with Gasteiger partial charge in [-0.05, 0) is 24.1 Å². The van der Waals surface area contributed by atoms with E-state index in [9.17, 15) is 4.79 Å². The molecule has 0 radical (unpaired) electrons. The summed E-state index contributed by atoms with van der Waals surface area (Å²) in [6.45, 7) is 2.05. The van der Waals surface area contributed by atoms with Crippen LogP contribution in [0, 0.1) is 0 Å². The van der Waals surface area contributed by atoms with Gasteiger partial charge in [0.1, 0.15) is 5.75 Å². The monoisotopic (exact) mass is 395 g/mol. The van der Waals surface area contributed by atoms with Crippen LogP contribution in [0.15, 0.2) is 24.3 Å². The van der Waals surface area contributed by atoms with Crippen LogP contribution in [0.4, 0.5) is 4.79 Å². The SMILES string of the molecule is CCc1cccc(OC(=O)NC(S)C(Br)CBr)c1. The van der Waals surface area contributed by atoms with Crippen LogP contribution in [0.5, 0.6) is 5.75 Å². The fourth-order valence-electron chi connectivity index (χ4n) is 1.26. The fourth-order valence-corrected chi connectivity index (χ4v) is 2.27. The lowest BCUT2D eigenvalue weighted by Gasteiger charge is -2.16. The first-order valence-electron chi connectivity index (χ1n) is 5.52. The number of aryl methyl sites for hydroxylation is 1. The summed E-state index contributed by atoms with van der Waals surface area (Å²) >= 11 is 10.9. The number of amides is 1. The van der Waals surface area contributed by atoms with Crippen molar-refractivity contribution < 1.29 is 9.53 Å². The molecule has 3 nitrogen and oxygen atoms in total. The van der Waals surface area contributed by atoms with Crippen molar-refractivity contribution in [1.29, 1.82) is 0 Å². The number of thiol groups is 1. The van der Waals surface area contributed by atoms with Gasteiger partial charge in [-0.25, -0.2) is 4.79 Å². The van der Waals surface area contributed by atoms with Gasteiger partial charge in [0.2, 0.25) is 0 Å². The lowest BCUT2D eigenvalue weighted by molar-refractivity contribution is 0.199. The first-order chi connectivity index (χ1) is 8.56. The molecule has 1 amide bonds. The molecule has 6 heteroatoms. The molecule has 0 aromatic heterocycles.